The molecular formula is C8H8N2O4S2. The summed E-state index contributed by atoms with van der Waals surface area (Å²) in [6, 6.07) is 1.41. The number of hydrogen-bond acceptors (Lipinski definition) is 6. The molecule has 8 heteroatoms. The number of rotatable bonds is 1. The Hall–Kier alpha value is -1.41. The Kier molecular flexibility index (Phi) is 2.28. The zero-order chi connectivity index (χ0) is 12.0. The van der Waals surface area contributed by atoms with Crippen molar-refractivity contribution in [1.82, 2.24) is 4.98 Å². The molecule has 0 saturated carbocycles. The van der Waals surface area contributed by atoms with E-state index in [1.165, 1.54) is 18.5 Å². The summed E-state index contributed by atoms with van der Waals surface area (Å²) in [4.78, 5) is 3.66. The standard InChI is InChI=1S/C8H8N2O4S2/c1-15(11,12)8-5-16(13,14)7-4-9-3-2-6(7)10-8/h2-5,10H,1H3. The summed E-state index contributed by atoms with van der Waals surface area (Å²) in [6.07, 6.45) is 3.49. The fourth-order valence-electron chi connectivity index (χ4n) is 1.26. The number of anilines is 1. The Morgan fingerprint density at radius 3 is 2.69 bits per heavy atom. The Bertz CT molecular complexity index is 674. The second kappa shape index (κ2) is 3.29. The molecule has 86 valence electrons. The normalized spacial score (nSPS) is 18.2. The molecule has 0 fully saturated rings. The molecule has 0 amide bonds. The van der Waals surface area contributed by atoms with Crippen molar-refractivity contribution in [2.45, 2.75) is 4.90 Å². The van der Waals surface area contributed by atoms with Gasteiger partial charge in [0.15, 0.2) is 9.84 Å². The summed E-state index contributed by atoms with van der Waals surface area (Å²) >= 11 is 0. The van der Waals surface area contributed by atoms with Crippen LogP contribution >= 0.6 is 0 Å². The Labute approximate surface area is 92.9 Å². The monoisotopic (exact) mass is 260 g/mol. The van der Waals surface area contributed by atoms with Crippen molar-refractivity contribution in [3.63, 3.8) is 0 Å². The zero-order valence-corrected chi connectivity index (χ0v) is 9.84. The minimum atomic E-state index is -3.74. The number of aromatic nitrogens is 1. The van der Waals surface area contributed by atoms with Crippen molar-refractivity contribution < 1.29 is 16.8 Å². The third kappa shape index (κ3) is 1.81. The second-order valence-electron chi connectivity index (χ2n) is 3.30. The van der Waals surface area contributed by atoms with Crippen LogP contribution in [0.1, 0.15) is 0 Å². The maximum atomic E-state index is 11.7. The summed E-state index contributed by atoms with van der Waals surface area (Å²) in [5.41, 5.74) is 0.220. The number of hydrogen-bond donors (Lipinski definition) is 1. The van der Waals surface area contributed by atoms with Gasteiger partial charge < -0.3 is 5.32 Å². The van der Waals surface area contributed by atoms with Crippen LogP contribution in [0.4, 0.5) is 5.69 Å². The van der Waals surface area contributed by atoms with E-state index in [0.717, 1.165) is 6.26 Å². The van der Waals surface area contributed by atoms with E-state index in [9.17, 15) is 16.8 Å². The SMILES string of the molecule is CS(=O)(=O)C1=CS(=O)(=O)c2cnccc2N1. The summed E-state index contributed by atoms with van der Waals surface area (Å²) in [6.45, 7) is 0. The van der Waals surface area contributed by atoms with Crippen molar-refractivity contribution >= 4 is 25.4 Å². The lowest BCUT2D eigenvalue weighted by molar-refractivity contribution is 0.599. The average Bonchev–Trinajstić information content (AvgIpc) is 2.15. The molecule has 1 aromatic heterocycles. The molecular weight excluding hydrogens is 252 g/mol. The molecule has 2 heterocycles. The molecule has 0 radical (unpaired) electrons. The molecule has 1 N–H and O–H groups in total. The van der Waals surface area contributed by atoms with Crippen molar-refractivity contribution in [2.75, 3.05) is 11.6 Å². The van der Waals surface area contributed by atoms with Crippen LogP contribution in [0.2, 0.25) is 0 Å². The molecule has 0 bridgehead atoms. The third-order valence-electron chi connectivity index (χ3n) is 2.01. The average molecular weight is 260 g/mol. The van der Waals surface area contributed by atoms with Gasteiger partial charge in [0.1, 0.15) is 9.92 Å². The first-order valence-corrected chi connectivity index (χ1v) is 7.62. The Morgan fingerprint density at radius 1 is 1.38 bits per heavy atom. The highest BCUT2D eigenvalue weighted by molar-refractivity contribution is 7.98. The van der Waals surface area contributed by atoms with Gasteiger partial charge in [0.2, 0.25) is 9.84 Å². The number of fused-ring (bicyclic) bond motifs is 1. The number of nitrogens with zero attached hydrogens (tertiary/aromatic N) is 1. The highest BCUT2D eigenvalue weighted by Gasteiger charge is 2.27. The van der Waals surface area contributed by atoms with E-state index in [1.807, 2.05) is 0 Å². The van der Waals surface area contributed by atoms with Crippen molar-refractivity contribution in [3.05, 3.63) is 28.9 Å². The van der Waals surface area contributed by atoms with Gasteiger partial charge in [0.05, 0.1) is 11.1 Å². The Balaban J connectivity index is 2.71. The molecule has 0 unspecified atom stereocenters. The molecule has 16 heavy (non-hydrogen) atoms. The largest absolute Gasteiger partial charge is 0.344 e. The predicted octanol–water partition coefficient (Wildman–Crippen LogP) is 0.124. The van der Waals surface area contributed by atoms with Crippen LogP contribution in [0.3, 0.4) is 0 Å². The first-order chi connectivity index (χ1) is 7.31. The smallest absolute Gasteiger partial charge is 0.206 e. The number of pyridine rings is 1. The maximum absolute atomic E-state index is 11.7. The molecule has 1 aliphatic heterocycles. The highest BCUT2D eigenvalue weighted by atomic mass is 32.2. The number of sulfone groups is 2. The van der Waals surface area contributed by atoms with Gasteiger partial charge in [-0.15, -0.1) is 0 Å². The van der Waals surface area contributed by atoms with Gasteiger partial charge in [-0.25, -0.2) is 16.8 Å². The van der Waals surface area contributed by atoms with Crippen LogP contribution in [0.25, 0.3) is 0 Å². The summed E-state index contributed by atoms with van der Waals surface area (Å²) < 4.78 is 46.0. The van der Waals surface area contributed by atoms with E-state index in [4.69, 9.17) is 0 Å². The van der Waals surface area contributed by atoms with Gasteiger partial charge in [-0.3, -0.25) is 4.98 Å². The van der Waals surface area contributed by atoms with Crippen LogP contribution in [-0.4, -0.2) is 28.1 Å². The summed E-state index contributed by atoms with van der Waals surface area (Å²) in [7, 11) is -7.33. The lowest BCUT2D eigenvalue weighted by atomic mass is 10.4. The molecule has 2 rings (SSSR count). The fourth-order valence-corrected chi connectivity index (χ4v) is 3.73. The zero-order valence-electron chi connectivity index (χ0n) is 8.21. The van der Waals surface area contributed by atoms with Gasteiger partial charge in [0.25, 0.3) is 0 Å². The van der Waals surface area contributed by atoms with Crippen LogP contribution in [0.15, 0.2) is 33.8 Å². The minimum Gasteiger partial charge on any atom is -0.344 e. The van der Waals surface area contributed by atoms with Gasteiger partial charge in [-0.1, -0.05) is 0 Å². The summed E-state index contributed by atoms with van der Waals surface area (Å²) in [5.74, 6) is 0. The lowest BCUT2D eigenvalue weighted by Gasteiger charge is -2.17. The molecule has 1 aromatic rings. The molecule has 6 nitrogen and oxygen atoms in total. The third-order valence-corrected chi connectivity index (χ3v) is 4.66. The Morgan fingerprint density at radius 2 is 2.06 bits per heavy atom. The maximum Gasteiger partial charge on any atom is 0.206 e. The molecule has 0 atom stereocenters. The topological polar surface area (TPSA) is 93.2 Å². The first-order valence-electron chi connectivity index (χ1n) is 4.18. The van der Waals surface area contributed by atoms with Crippen molar-refractivity contribution in [1.29, 1.82) is 0 Å². The van der Waals surface area contributed by atoms with E-state index in [0.29, 0.717) is 5.41 Å². The second-order valence-corrected chi connectivity index (χ2v) is 7.05. The molecule has 1 aliphatic rings. The predicted molar refractivity (Wildman–Crippen MR) is 58.0 cm³/mol. The van der Waals surface area contributed by atoms with Crippen LogP contribution in [0, 0.1) is 0 Å². The fraction of sp³-hybridized carbons (Fsp3) is 0.125. The summed E-state index contributed by atoms with van der Waals surface area (Å²) in [5, 5.41) is 2.92. The van der Waals surface area contributed by atoms with Gasteiger partial charge in [-0.05, 0) is 6.07 Å². The van der Waals surface area contributed by atoms with Gasteiger partial charge in [-0.2, -0.15) is 0 Å². The van der Waals surface area contributed by atoms with Crippen LogP contribution < -0.4 is 5.32 Å². The van der Waals surface area contributed by atoms with Gasteiger partial charge in [0, 0.05) is 18.6 Å². The molecule has 0 aliphatic carbocycles. The van der Waals surface area contributed by atoms with E-state index >= 15 is 0 Å². The van der Waals surface area contributed by atoms with Crippen molar-refractivity contribution in [3.8, 4) is 0 Å². The molecule has 0 spiro atoms. The van der Waals surface area contributed by atoms with E-state index in [1.54, 1.807) is 0 Å². The first kappa shape index (κ1) is 11.1. The molecule has 0 aromatic carbocycles. The molecule has 0 saturated heterocycles. The quantitative estimate of drug-likeness (QED) is 0.771. The lowest BCUT2D eigenvalue weighted by Crippen LogP contribution is -2.19. The van der Waals surface area contributed by atoms with Crippen LogP contribution in [0.5, 0.6) is 0 Å². The van der Waals surface area contributed by atoms with Crippen molar-refractivity contribution in [2.24, 2.45) is 0 Å². The van der Waals surface area contributed by atoms with E-state index < -0.39 is 19.7 Å². The van der Waals surface area contributed by atoms with E-state index in [2.05, 4.69) is 10.3 Å². The minimum absolute atomic E-state index is 0.0256. The van der Waals surface area contributed by atoms with Crippen LogP contribution in [-0.2, 0) is 19.7 Å². The van der Waals surface area contributed by atoms with E-state index in [-0.39, 0.29) is 15.6 Å². The highest BCUT2D eigenvalue weighted by Crippen LogP contribution is 2.29. The van der Waals surface area contributed by atoms with Gasteiger partial charge >= 0.3 is 0 Å². The number of nitrogens with one attached hydrogen (secondary N) is 1.